The van der Waals surface area contributed by atoms with E-state index in [1.807, 2.05) is 0 Å². The third-order valence-corrected chi connectivity index (χ3v) is 0.840. The summed E-state index contributed by atoms with van der Waals surface area (Å²) in [5.74, 6) is 0. The van der Waals surface area contributed by atoms with Gasteiger partial charge in [0.1, 0.15) is 0 Å². The van der Waals surface area contributed by atoms with Crippen molar-refractivity contribution in [1.82, 2.24) is 0 Å². The number of hydrogen-bond acceptors (Lipinski definition) is 1. The van der Waals surface area contributed by atoms with Gasteiger partial charge in [-0.1, -0.05) is 0 Å². The van der Waals surface area contributed by atoms with Gasteiger partial charge in [-0.25, -0.2) is 8.78 Å². The zero-order valence-electron chi connectivity index (χ0n) is 4.90. The lowest BCUT2D eigenvalue weighted by molar-refractivity contribution is 0.132. The average molecular weight is 123 g/mol. The fourth-order valence-corrected chi connectivity index (χ4v) is 0.389. The molecule has 0 amide bonds. The van der Waals surface area contributed by atoms with Crippen molar-refractivity contribution in [2.75, 3.05) is 0 Å². The monoisotopic (exact) mass is 123 g/mol. The minimum Gasteiger partial charge on any atom is -0.328 e. The van der Waals surface area contributed by atoms with Crippen molar-refractivity contribution in [2.24, 2.45) is 5.73 Å². The van der Waals surface area contributed by atoms with Crippen molar-refractivity contribution in [3.05, 3.63) is 0 Å². The van der Waals surface area contributed by atoms with E-state index in [4.69, 9.17) is 5.73 Å². The first kappa shape index (κ1) is 7.82. The number of rotatable bonds is 3. The maximum atomic E-state index is 11.3. The van der Waals surface area contributed by atoms with Crippen molar-refractivity contribution in [3.63, 3.8) is 0 Å². The molecule has 0 aromatic rings. The molecule has 8 heavy (non-hydrogen) atoms. The Labute approximate surface area is 47.9 Å². The largest absolute Gasteiger partial charge is 0.328 e. The molecule has 0 rings (SSSR count). The van der Waals surface area contributed by atoms with Crippen LogP contribution in [0.15, 0.2) is 0 Å². The molecular formula is C5H11F2N. The van der Waals surface area contributed by atoms with Gasteiger partial charge in [0, 0.05) is 12.5 Å². The van der Waals surface area contributed by atoms with Gasteiger partial charge in [0.2, 0.25) is 6.43 Å². The van der Waals surface area contributed by atoms with E-state index >= 15 is 0 Å². The zero-order valence-corrected chi connectivity index (χ0v) is 4.90. The molecule has 0 saturated heterocycles. The standard InChI is InChI=1S/C5H11F2N/c1-4(8)2-3-5(6)7/h4-5H,2-3,8H2,1H3/t4-/m0/s1. The highest BCUT2D eigenvalue weighted by Gasteiger charge is 2.02. The van der Waals surface area contributed by atoms with Crippen LogP contribution in [0, 0.1) is 0 Å². The molecule has 0 bridgehead atoms. The van der Waals surface area contributed by atoms with E-state index < -0.39 is 6.43 Å². The molecule has 50 valence electrons. The number of alkyl halides is 2. The Morgan fingerprint density at radius 3 is 2.00 bits per heavy atom. The summed E-state index contributed by atoms with van der Waals surface area (Å²) in [6.45, 7) is 1.72. The summed E-state index contributed by atoms with van der Waals surface area (Å²) in [5, 5.41) is 0. The average Bonchev–Trinajstić information content (AvgIpc) is 1.61. The Hall–Kier alpha value is -0.180. The van der Waals surface area contributed by atoms with E-state index in [1.165, 1.54) is 0 Å². The van der Waals surface area contributed by atoms with Gasteiger partial charge in [-0.05, 0) is 13.3 Å². The fourth-order valence-electron chi connectivity index (χ4n) is 0.389. The summed E-state index contributed by atoms with van der Waals surface area (Å²) in [4.78, 5) is 0. The van der Waals surface area contributed by atoms with Gasteiger partial charge in [0.25, 0.3) is 0 Å². The highest BCUT2D eigenvalue weighted by Crippen LogP contribution is 2.03. The lowest BCUT2D eigenvalue weighted by atomic mass is 10.2. The molecule has 0 aliphatic carbocycles. The molecule has 3 heteroatoms. The van der Waals surface area contributed by atoms with Gasteiger partial charge in [0.05, 0.1) is 0 Å². The lowest BCUT2D eigenvalue weighted by Gasteiger charge is -2.01. The van der Waals surface area contributed by atoms with Crippen molar-refractivity contribution in [3.8, 4) is 0 Å². The van der Waals surface area contributed by atoms with Crippen LogP contribution in [-0.4, -0.2) is 12.5 Å². The van der Waals surface area contributed by atoms with Gasteiger partial charge < -0.3 is 5.73 Å². The molecular weight excluding hydrogens is 112 g/mol. The highest BCUT2D eigenvalue weighted by atomic mass is 19.3. The van der Waals surface area contributed by atoms with Crippen LogP contribution in [0.5, 0.6) is 0 Å². The smallest absolute Gasteiger partial charge is 0.238 e. The first-order valence-electron chi connectivity index (χ1n) is 2.66. The van der Waals surface area contributed by atoms with Gasteiger partial charge in [-0.15, -0.1) is 0 Å². The predicted octanol–water partition coefficient (Wildman–Crippen LogP) is 1.38. The van der Waals surface area contributed by atoms with Gasteiger partial charge >= 0.3 is 0 Å². The molecule has 0 heterocycles. The summed E-state index contributed by atoms with van der Waals surface area (Å²) in [7, 11) is 0. The Morgan fingerprint density at radius 1 is 1.38 bits per heavy atom. The molecule has 0 radical (unpaired) electrons. The first-order chi connectivity index (χ1) is 3.63. The number of halogens is 2. The van der Waals surface area contributed by atoms with Crippen molar-refractivity contribution in [1.29, 1.82) is 0 Å². The molecule has 1 atom stereocenters. The van der Waals surface area contributed by atoms with E-state index in [1.54, 1.807) is 6.92 Å². The normalized spacial score (nSPS) is 14.6. The molecule has 0 aromatic carbocycles. The van der Waals surface area contributed by atoms with E-state index in [-0.39, 0.29) is 12.5 Å². The van der Waals surface area contributed by atoms with Crippen LogP contribution in [0.3, 0.4) is 0 Å². The molecule has 0 saturated carbocycles. The van der Waals surface area contributed by atoms with Crippen LogP contribution in [0.1, 0.15) is 19.8 Å². The topological polar surface area (TPSA) is 26.0 Å². The SMILES string of the molecule is C[C@H](N)CCC(F)F. The maximum Gasteiger partial charge on any atom is 0.238 e. The van der Waals surface area contributed by atoms with Gasteiger partial charge in [-0.2, -0.15) is 0 Å². The highest BCUT2D eigenvalue weighted by molar-refractivity contribution is 4.52. The summed E-state index contributed by atoms with van der Waals surface area (Å²) >= 11 is 0. The third kappa shape index (κ3) is 5.82. The van der Waals surface area contributed by atoms with Crippen LogP contribution < -0.4 is 5.73 Å². The van der Waals surface area contributed by atoms with Gasteiger partial charge in [0.15, 0.2) is 0 Å². The Kier molecular flexibility index (Phi) is 3.69. The van der Waals surface area contributed by atoms with Crippen molar-refractivity contribution in [2.45, 2.75) is 32.2 Å². The molecule has 0 unspecified atom stereocenters. The quantitative estimate of drug-likeness (QED) is 0.602. The minimum absolute atomic E-state index is 0.0718. The molecule has 0 fully saturated rings. The Balaban J connectivity index is 2.93. The van der Waals surface area contributed by atoms with Crippen LogP contribution in [-0.2, 0) is 0 Å². The first-order valence-corrected chi connectivity index (χ1v) is 2.66. The number of nitrogens with two attached hydrogens (primary N) is 1. The predicted molar refractivity (Wildman–Crippen MR) is 28.9 cm³/mol. The number of hydrogen-bond donors (Lipinski definition) is 1. The van der Waals surface area contributed by atoms with Gasteiger partial charge in [-0.3, -0.25) is 0 Å². The van der Waals surface area contributed by atoms with Crippen LogP contribution in [0.25, 0.3) is 0 Å². The van der Waals surface area contributed by atoms with Crippen molar-refractivity contribution < 1.29 is 8.78 Å². The summed E-state index contributed by atoms with van der Waals surface area (Å²) < 4.78 is 22.7. The van der Waals surface area contributed by atoms with E-state index in [9.17, 15) is 8.78 Å². The lowest BCUT2D eigenvalue weighted by Crippen LogP contribution is -2.15. The summed E-state index contributed by atoms with van der Waals surface area (Å²) in [5.41, 5.74) is 5.21. The van der Waals surface area contributed by atoms with Crippen molar-refractivity contribution >= 4 is 0 Å². The fraction of sp³-hybridized carbons (Fsp3) is 1.00. The zero-order chi connectivity index (χ0) is 6.57. The van der Waals surface area contributed by atoms with Crippen LogP contribution >= 0.6 is 0 Å². The Morgan fingerprint density at radius 2 is 1.88 bits per heavy atom. The second-order valence-electron chi connectivity index (χ2n) is 1.95. The summed E-state index contributed by atoms with van der Waals surface area (Å²) in [6.07, 6.45) is -1.85. The molecule has 0 aromatic heterocycles. The Bertz CT molecular complexity index is 46.4. The molecule has 0 aliphatic rings. The van der Waals surface area contributed by atoms with Crippen LogP contribution in [0.2, 0.25) is 0 Å². The maximum absolute atomic E-state index is 11.3. The second kappa shape index (κ2) is 3.78. The van der Waals surface area contributed by atoms with E-state index in [2.05, 4.69) is 0 Å². The molecule has 0 spiro atoms. The molecule has 0 aliphatic heterocycles. The van der Waals surface area contributed by atoms with E-state index in [0.717, 1.165) is 0 Å². The molecule has 2 N–H and O–H groups in total. The second-order valence-corrected chi connectivity index (χ2v) is 1.95. The molecule has 1 nitrogen and oxygen atoms in total. The summed E-state index contributed by atoms with van der Waals surface area (Å²) in [6, 6.07) is -0.0935. The van der Waals surface area contributed by atoms with Crippen LogP contribution in [0.4, 0.5) is 8.78 Å². The van der Waals surface area contributed by atoms with E-state index in [0.29, 0.717) is 6.42 Å². The third-order valence-electron chi connectivity index (χ3n) is 0.840. The minimum atomic E-state index is -2.19.